The van der Waals surface area contributed by atoms with Crippen molar-refractivity contribution in [3.8, 4) is 0 Å². The van der Waals surface area contributed by atoms with E-state index in [9.17, 15) is 18.4 Å². The minimum absolute atomic E-state index is 0.0151. The Morgan fingerprint density at radius 2 is 1.69 bits per heavy atom. The van der Waals surface area contributed by atoms with E-state index >= 15 is 0 Å². The summed E-state index contributed by atoms with van der Waals surface area (Å²) in [7, 11) is 0. The number of nitrogens with one attached hydrogen (secondary N) is 1. The Bertz CT molecular complexity index is 1370. The van der Waals surface area contributed by atoms with E-state index < -0.39 is 29.0 Å². The van der Waals surface area contributed by atoms with Gasteiger partial charge in [0, 0.05) is 11.6 Å². The number of anilines is 2. The van der Waals surface area contributed by atoms with Crippen molar-refractivity contribution >= 4 is 34.1 Å². The summed E-state index contributed by atoms with van der Waals surface area (Å²) in [5.74, 6) is -2.29. The van der Waals surface area contributed by atoms with Gasteiger partial charge in [0.1, 0.15) is 11.6 Å². The SMILES string of the molecule is O=C1CC(C(=O)Nc2ccccc2F)(c2ccc3ncccc3c2)N1c1ccccc1F. The minimum atomic E-state index is -1.55. The zero-order valence-electron chi connectivity index (χ0n) is 16.8. The van der Waals surface area contributed by atoms with Crippen LogP contribution in [0.1, 0.15) is 12.0 Å². The van der Waals surface area contributed by atoms with Gasteiger partial charge >= 0.3 is 0 Å². The van der Waals surface area contributed by atoms with E-state index in [0.29, 0.717) is 11.1 Å². The number of amides is 2. The predicted octanol–water partition coefficient (Wildman–Crippen LogP) is 4.78. The van der Waals surface area contributed by atoms with Crippen LogP contribution in [0.4, 0.5) is 20.2 Å². The van der Waals surface area contributed by atoms with Gasteiger partial charge in [-0.1, -0.05) is 36.4 Å². The Morgan fingerprint density at radius 3 is 2.44 bits per heavy atom. The number of hydrogen-bond donors (Lipinski definition) is 1. The van der Waals surface area contributed by atoms with Crippen LogP contribution in [0.5, 0.6) is 0 Å². The molecule has 3 aromatic carbocycles. The molecule has 5 rings (SSSR count). The van der Waals surface area contributed by atoms with Crippen molar-refractivity contribution < 1.29 is 18.4 Å². The number of para-hydroxylation sites is 2. The van der Waals surface area contributed by atoms with Gasteiger partial charge in [0.05, 0.1) is 23.3 Å². The van der Waals surface area contributed by atoms with Crippen molar-refractivity contribution in [2.24, 2.45) is 0 Å². The van der Waals surface area contributed by atoms with E-state index in [1.165, 1.54) is 36.4 Å². The van der Waals surface area contributed by atoms with Gasteiger partial charge in [-0.2, -0.15) is 0 Å². The van der Waals surface area contributed by atoms with Crippen LogP contribution in [-0.4, -0.2) is 16.8 Å². The molecular formula is C25H17F2N3O2. The molecule has 1 fully saturated rings. The van der Waals surface area contributed by atoms with Crippen LogP contribution in [0.25, 0.3) is 10.9 Å². The number of carbonyl (C=O) groups excluding carboxylic acids is 2. The summed E-state index contributed by atoms with van der Waals surface area (Å²) in [4.78, 5) is 31.8. The number of rotatable bonds is 4. The quantitative estimate of drug-likeness (QED) is 0.475. The standard InChI is InChI=1S/C25H17F2N3O2/c26-18-7-1-3-9-21(18)29-24(32)25(17-11-12-20-16(14-17)6-5-13-28-20)15-23(31)30(25)22-10-4-2-8-19(22)27/h1-14H,15H2,(H,29,32). The highest BCUT2D eigenvalue weighted by molar-refractivity contribution is 6.17. The fraction of sp³-hybridized carbons (Fsp3) is 0.0800. The van der Waals surface area contributed by atoms with Crippen LogP contribution in [0.15, 0.2) is 85.1 Å². The van der Waals surface area contributed by atoms with Gasteiger partial charge in [-0.15, -0.1) is 0 Å². The highest BCUT2D eigenvalue weighted by atomic mass is 19.1. The van der Waals surface area contributed by atoms with Crippen molar-refractivity contribution in [3.63, 3.8) is 0 Å². The number of β-lactam (4-membered cyclic amide) rings is 1. The number of benzene rings is 3. The molecule has 2 amide bonds. The summed E-state index contributed by atoms with van der Waals surface area (Å²) >= 11 is 0. The number of aromatic nitrogens is 1. The van der Waals surface area contributed by atoms with E-state index in [4.69, 9.17) is 0 Å². The number of nitrogens with zero attached hydrogens (tertiary/aromatic N) is 2. The van der Waals surface area contributed by atoms with Gasteiger partial charge in [0.2, 0.25) is 5.91 Å². The second-order valence-electron chi connectivity index (χ2n) is 7.56. The maximum absolute atomic E-state index is 14.7. The van der Waals surface area contributed by atoms with Crippen LogP contribution in [0.3, 0.4) is 0 Å². The van der Waals surface area contributed by atoms with Gasteiger partial charge in [0.15, 0.2) is 5.54 Å². The average Bonchev–Trinajstić information content (AvgIpc) is 2.80. The molecule has 1 unspecified atom stereocenters. The second kappa shape index (κ2) is 7.53. The van der Waals surface area contributed by atoms with Gasteiger partial charge in [-0.05, 0) is 48.0 Å². The summed E-state index contributed by atoms with van der Waals surface area (Å²) < 4.78 is 29.0. The molecule has 0 spiro atoms. The third-order valence-corrected chi connectivity index (χ3v) is 5.71. The summed E-state index contributed by atoms with van der Waals surface area (Å²) in [6.07, 6.45) is 1.47. The fourth-order valence-electron chi connectivity index (χ4n) is 4.14. The number of carbonyl (C=O) groups is 2. The molecule has 2 heterocycles. The Morgan fingerprint density at radius 1 is 0.938 bits per heavy atom. The first-order valence-electron chi connectivity index (χ1n) is 9.99. The van der Waals surface area contributed by atoms with Gasteiger partial charge < -0.3 is 5.32 Å². The number of pyridine rings is 1. The highest BCUT2D eigenvalue weighted by Gasteiger charge is 2.59. The van der Waals surface area contributed by atoms with Crippen molar-refractivity contribution in [2.75, 3.05) is 10.2 Å². The van der Waals surface area contributed by atoms with E-state index in [0.717, 1.165) is 10.3 Å². The summed E-state index contributed by atoms with van der Waals surface area (Å²) in [5.41, 5.74) is -0.393. The monoisotopic (exact) mass is 429 g/mol. The van der Waals surface area contributed by atoms with Crippen LogP contribution in [0.2, 0.25) is 0 Å². The largest absolute Gasteiger partial charge is 0.321 e. The van der Waals surface area contributed by atoms with Crippen molar-refractivity contribution in [1.82, 2.24) is 4.98 Å². The molecule has 1 atom stereocenters. The maximum Gasteiger partial charge on any atom is 0.256 e. The number of hydrogen-bond acceptors (Lipinski definition) is 3. The van der Waals surface area contributed by atoms with E-state index in [2.05, 4.69) is 10.3 Å². The summed E-state index contributed by atoms with van der Waals surface area (Å²) in [6, 6.07) is 20.3. The van der Waals surface area contributed by atoms with Crippen LogP contribution < -0.4 is 10.2 Å². The van der Waals surface area contributed by atoms with Crippen LogP contribution >= 0.6 is 0 Å². The Hall–Kier alpha value is -4.13. The molecule has 1 saturated heterocycles. The molecule has 7 heteroatoms. The van der Waals surface area contributed by atoms with Crippen LogP contribution in [-0.2, 0) is 15.1 Å². The van der Waals surface area contributed by atoms with Gasteiger partial charge in [0.25, 0.3) is 5.91 Å². The molecule has 0 bridgehead atoms. The average molecular weight is 429 g/mol. The lowest BCUT2D eigenvalue weighted by Crippen LogP contribution is -2.67. The predicted molar refractivity (Wildman–Crippen MR) is 117 cm³/mol. The Labute approximate surface area is 182 Å². The first kappa shape index (κ1) is 19.8. The molecule has 0 saturated carbocycles. The zero-order valence-corrected chi connectivity index (χ0v) is 16.8. The molecule has 1 N–H and O–H groups in total. The van der Waals surface area contributed by atoms with Gasteiger partial charge in [-0.25, -0.2) is 8.78 Å². The van der Waals surface area contributed by atoms with E-state index in [-0.39, 0.29) is 17.8 Å². The lowest BCUT2D eigenvalue weighted by Gasteiger charge is -2.50. The van der Waals surface area contributed by atoms with E-state index in [1.54, 1.807) is 42.6 Å². The number of fused-ring (bicyclic) bond motifs is 1. The molecule has 32 heavy (non-hydrogen) atoms. The third kappa shape index (κ3) is 3.01. The Balaban J connectivity index is 1.68. The first-order chi connectivity index (χ1) is 15.5. The maximum atomic E-state index is 14.7. The molecule has 5 nitrogen and oxygen atoms in total. The lowest BCUT2D eigenvalue weighted by molar-refractivity contribution is -0.137. The highest BCUT2D eigenvalue weighted by Crippen LogP contribution is 2.47. The summed E-state index contributed by atoms with van der Waals surface area (Å²) in [6.45, 7) is 0. The molecule has 1 aliphatic heterocycles. The lowest BCUT2D eigenvalue weighted by atomic mass is 9.75. The van der Waals surface area contributed by atoms with Crippen molar-refractivity contribution in [3.05, 3.63) is 102 Å². The van der Waals surface area contributed by atoms with Crippen molar-refractivity contribution in [2.45, 2.75) is 12.0 Å². The molecule has 158 valence electrons. The molecule has 0 aliphatic carbocycles. The minimum Gasteiger partial charge on any atom is -0.321 e. The molecule has 1 aromatic heterocycles. The first-order valence-corrected chi connectivity index (χ1v) is 9.99. The third-order valence-electron chi connectivity index (χ3n) is 5.71. The topological polar surface area (TPSA) is 62.3 Å². The molecule has 1 aliphatic rings. The van der Waals surface area contributed by atoms with Gasteiger partial charge in [-0.3, -0.25) is 19.5 Å². The second-order valence-corrected chi connectivity index (χ2v) is 7.56. The smallest absolute Gasteiger partial charge is 0.256 e. The normalized spacial score (nSPS) is 17.8. The summed E-state index contributed by atoms with van der Waals surface area (Å²) in [5, 5.41) is 3.35. The molecule has 0 radical (unpaired) electrons. The molecular weight excluding hydrogens is 412 g/mol. The Kier molecular flexibility index (Phi) is 4.66. The zero-order chi connectivity index (χ0) is 22.3. The van der Waals surface area contributed by atoms with Crippen molar-refractivity contribution in [1.29, 1.82) is 0 Å². The molecule has 4 aromatic rings. The number of halogens is 2. The fourth-order valence-corrected chi connectivity index (χ4v) is 4.14. The van der Waals surface area contributed by atoms with E-state index in [1.807, 2.05) is 6.07 Å². The van der Waals surface area contributed by atoms with Crippen LogP contribution in [0, 0.1) is 11.6 Å².